The Morgan fingerprint density at radius 1 is 0.969 bits per heavy atom. The summed E-state index contributed by atoms with van der Waals surface area (Å²) in [5.41, 5.74) is 5.30. The largest absolute Gasteiger partial charge is 0.496 e. The van der Waals surface area contributed by atoms with Crippen molar-refractivity contribution in [3.8, 4) is 28.3 Å². The number of hydrogen-bond acceptors (Lipinski definition) is 5. The average Bonchev–Trinajstić information content (AvgIpc) is 3.17. The Morgan fingerprint density at radius 2 is 1.62 bits per heavy atom. The second-order valence-electron chi connectivity index (χ2n) is 7.56. The van der Waals surface area contributed by atoms with Gasteiger partial charge in [-0.05, 0) is 41.3 Å². The van der Waals surface area contributed by atoms with E-state index < -0.39 is 5.76 Å². The molecule has 0 unspecified atom stereocenters. The molecule has 0 radical (unpaired) electrons. The maximum absolute atomic E-state index is 12.6. The van der Waals surface area contributed by atoms with Crippen LogP contribution in [0.2, 0.25) is 0 Å². The number of ether oxygens (including phenoxy) is 1. The van der Waals surface area contributed by atoms with Crippen LogP contribution in [0, 0.1) is 0 Å². The second-order valence-corrected chi connectivity index (χ2v) is 7.56. The van der Waals surface area contributed by atoms with E-state index in [0.29, 0.717) is 17.7 Å². The predicted molar refractivity (Wildman–Crippen MR) is 123 cm³/mol. The highest BCUT2D eigenvalue weighted by molar-refractivity contribution is 5.97. The van der Waals surface area contributed by atoms with Gasteiger partial charge < -0.3 is 9.15 Å². The Bertz CT molecular complexity index is 1300. The molecule has 1 aromatic heterocycles. The number of nitrogens with zero attached hydrogens (tertiary/aromatic N) is 2. The topological polar surface area (TPSA) is 74.3 Å². The summed E-state index contributed by atoms with van der Waals surface area (Å²) in [6.45, 7) is 2.09. The number of ketones is 1. The predicted octanol–water partition coefficient (Wildman–Crippen LogP) is 4.70. The third-order valence-electron chi connectivity index (χ3n) is 5.45. The smallest absolute Gasteiger partial charge is 0.437 e. The number of hydrogen-bond donors (Lipinski definition) is 0. The molecule has 0 aliphatic rings. The molecule has 0 amide bonds. The summed E-state index contributed by atoms with van der Waals surface area (Å²) < 4.78 is 11.9. The molecule has 6 nitrogen and oxygen atoms in total. The molecule has 6 heteroatoms. The van der Waals surface area contributed by atoms with Crippen LogP contribution in [-0.2, 0) is 19.9 Å². The number of benzene rings is 3. The number of carbonyl (C=O) groups excluding carboxylic acids is 1. The molecule has 0 spiro atoms. The molecule has 0 aliphatic carbocycles. The van der Waals surface area contributed by atoms with Crippen LogP contribution in [0.3, 0.4) is 0 Å². The molecule has 4 rings (SSSR count). The van der Waals surface area contributed by atoms with E-state index in [1.165, 1.54) is 12.6 Å². The highest BCUT2D eigenvalue weighted by Crippen LogP contribution is 2.34. The lowest BCUT2D eigenvalue weighted by Crippen LogP contribution is -2.09. The van der Waals surface area contributed by atoms with E-state index in [4.69, 9.17) is 9.15 Å². The Balaban J connectivity index is 1.58. The highest BCUT2D eigenvalue weighted by Gasteiger charge is 2.14. The first-order chi connectivity index (χ1) is 15.5. The molecule has 0 fully saturated rings. The quantitative estimate of drug-likeness (QED) is 0.399. The Hall–Kier alpha value is -3.93. The van der Waals surface area contributed by atoms with Gasteiger partial charge in [-0.3, -0.25) is 4.79 Å². The van der Waals surface area contributed by atoms with E-state index in [1.807, 2.05) is 60.7 Å². The van der Waals surface area contributed by atoms with Crippen molar-refractivity contribution >= 4 is 5.78 Å². The van der Waals surface area contributed by atoms with Crippen LogP contribution in [0.1, 0.15) is 28.4 Å². The van der Waals surface area contributed by atoms with E-state index in [9.17, 15) is 9.59 Å². The molecule has 162 valence electrons. The van der Waals surface area contributed by atoms with Crippen LogP contribution >= 0.6 is 0 Å². The van der Waals surface area contributed by atoms with Gasteiger partial charge in [0.15, 0.2) is 5.78 Å². The zero-order valence-corrected chi connectivity index (χ0v) is 18.3. The lowest BCUT2D eigenvalue weighted by molar-refractivity contribution is 0.0993. The highest BCUT2D eigenvalue weighted by atomic mass is 16.5. The normalized spacial score (nSPS) is 10.8. The maximum Gasteiger partial charge on any atom is 0.437 e. The van der Waals surface area contributed by atoms with Gasteiger partial charge in [-0.1, -0.05) is 55.5 Å². The van der Waals surface area contributed by atoms with Crippen molar-refractivity contribution in [1.29, 1.82) is 0 Å². The van der Waals surface area contributed by atoms with Crippen molar-refractivity contribution in [2.45, 2.75) is 19.8 Å². The van der Waals surface area contributed by atoms with Crippen LogP contribution in [0.25, 0.3) is 22.6 Å². The van der Waals surface area contributed by atoms with Gasteiger partial charge in [0.25, 0.3) is 0 Å². The average molecular weight is 428 g/mol. The van der Waals surface area contributed by atoms with Gasteiger partial charge in [0.2, 0.25) is 5.89 Å². The lowest BCUT2D eigenvalue weighted by Gasteiger charge is -2.11. The molecule has 4 aromatic rings. The monoisotopic (exact) mass is 428 g/mol. The summed E-state index contributed by atoms with van der Waals surface area (Å²) in [6.07, 6.45) is 1.29. The van der Waals surface area contributed by atoms with E-state index in [1.54, 1.807) is 13.2 Å². The first-order valence-electron chi connectivity index (χ1n) is 10.4. The van der Waals surface area contributed by atoms with Gasteiger partial charge in [-0.15, -0.1) is 5.10 Å². The van der Waals surface area contributed by atoms with Crippen molar-refractivity contribution in [2.75, 3.05) is 7.11 Å². The third kappa shape index (κ3) is 4.39. The molecule has 0 atom stereocenters. The fourth-order valence-corrected chi connectivity index (χ4v) is 3.55. The Kier molecular flexibility index (Phi) is 6.03. The summed E-state index contributed by atoms with van der Waals surface area (Å²) in [6, 6.07) is 21.1. The summed E-state index contributed by atoms with van der Waals surface area (Å²) in [7, 11) is 3.15. The van der Waals surface area contributed by atoms with Crippen molar-refractivity contribution in [3.63, 3.8) is 0 Å². The van der Waals surface area contributed by atoms with E-state index >= 15 is 0 Å². The summed E-state index contributed by atoms with van der Waals surface area (Å²) in [5, 5.41) is 4.12. The number of methoxy groups -OCH3 is 1. The molecule has 0 saturated heterocycles. The Labute approximate surface area is 186 Å². The fourth-order valence-electron chi connectivity index (χ4n) is 3.55. The number of carbonyl (C=O) groups is 1. The standard InChI is InChI=1S/C26H24N2O4/c1-4-17-5-11-20(12-6-17)23(29)15-18-7-9-19(10-8-18)22-16-21(13-14-24(22)31-3)25-27-28(2)26(30)32-25/h5-14,16H,4,15H2,1-3H3. The molecule has 0 aliphatic heterocycles. The third-order valence-corrected chi connectivity index (χ3v) is 5.45. The van der Waals surface area contributed by atoms with Gasteiger partial charge in [-0.2, -0.15) is 4.68 Å². The second kappa shape index (κ2) is 9.06. The molecule has 3 aromatic carbocycles. The van der Waals surface area contributed by atoms with Crippen LogP contribution < -0.4 is 10.5 Å². The van der Waals surface area contributed by atoms with Crippen molar-refractivity contribution in [3.05, 3.63) is 94.0 Å². The van der Waals surface area contributed by atoms with Crippen molar-refractivity contribution in [2.24, 2.45) is 7.05 Å². The zero-order chi connectivity index (χ0) is 22.7. The van der Waals surface area contributed by atoms with Crippen molar-refractivity contribution < 1.29 is 13.9 Å². The molecular formula is C26H24N2O4. The number of rotatable bonds is 7. The van der Waals surface area contributed by atoms with Gasteiger partial charge in [0.05, 0.1) is 7.11 Å². The van der Waals surface area contributed by atoms with Gasteiger partial charge >= 0.3 is 5.76 Å². The number of Topliss-reactive ketones (excluding diaryl/α,β-unsaturated/α-hetero) is 1. The van der Waals surface area contributed by atoms with Crippen molar-refractivity contribution in [1.82, 2.24) is 9.78 Å². The molecule has 0 saturated carbocycles. The van der Waals surface area contributed by atoms with E-state index in [0.717, 1.165) is 33.4 Å². The minimum Gasteiger partial charge on any atom is -0.496 e. The summed E-state index contributed by atoms with van der Waals surface area (Å²) >= 11 is 0. The fraction of sp³-hybridized carbons (Fsp3) is 0.192. The maximum atomic E-state index is 12.6. The van der Waals surface area contributed by atoms with Gasteiger partial charge in [0, 0.05) is 30.2 Å². The first-order valence-corrected chi connectivity index (χ1v) is 10.4. The molecule has 1 heterocycles. The minimum absolute atomic E-state index is 0.0881. The summed E-state index contributed by atoms with van der Waals surface area (Å²) in [4.78, 5) is 24.3. The number of aromatic nitrogens is 2. The van der Waals surface area contributed by atoms with Gasteiger partial charge in [-0.25, -0.2) is 4.79 Å². The van der Waals surface area contributed by atoms with Crippen LogP contribution in [0.15, 0.2) is 75.9 Å². The molecule has 0 bridgehead atoms. The summed E-state index contributed by atoms with van der Waals surface area (Å²) in [5.74, 6) is 0.505. The van der Waals surface area contributed by atoms with Gasteiger partial charge in [0.1, 0.15) is 5.75 Å². The lowest BCUT2D eigenvalue weighted by atomic mass is 9.97. The molecule has 0 N–H and O–H groups in total. The van der Waals surface area contributed by atoms with Crippen LogP contribution in [-0.4, -0.2) is 22.7 Å². The van der Waals surface area contributed by atoms with Crippen LogP contribution in [0.4, 0.5) is 0 Å². The van der Waals surface area contributed by atoms with Crippen LogP contribution in [0.5, 0.6) is 5.75 Å². The SMILES string of the molecule is CCc1ccc(C(=O)Cc2ccc(-c3cc(-c4nn(C)c(=O)o4)ccc3OC)cc2)cc1. The zero-order valence-electron chi connectivity index (χ0n) is 18.3. The number of aryl methyl sites for hydroxylation is 2. The Morgan fingerprint density at radius 3 is 2.22 bits per heavy atom. The first kappa shape index (κ1) is 21.3. The van der Waals surface area contributed by atoms with E-state index in [2.05, 4.69) is 12.0 Å². The molecule has 32 heavy (non-hydrogen) atoms. The minimum atomic E-state index is -0.518. The van der Waals surface area contributed by atoms with E-state index in [-0.39, 0.29) is 11.7 Å². The molecular weight excluding hydrogens is 404 g/mol.